The zero-order valence-corrected chi connectivity index (χ0v) is 7.90. The number of nitrogens with zero attached hydrogens (tertiary/aromatic N) is 1. The van der Waals surface area contributed by atoms with Crippen LogP contribution in [0.25, 0.3) is 0 Å². The molecule has 0 saturated carbocycles. The number of rotatable bonds is 3. The molecule has 5 heteroatoms. The first-order valence-corrected chi connectivity index (χ1v) is 4.20. The van der Waals surface area contributed by atoms with Gasteiger partial charge < -0.3 is 10.3 Å². The van der Waals surface area contributed by atoms with Gasteiger partial charge in [0, 0.05) is 5.02 Å². The lowest BCUT2D eigenvalue weighted by atomic mass is 10.1. The highest BCUT2D eigenvalue weighted by atomic mass is 35.5. The van der Waals surface area contributed by atoms with Gasteiger partial charge in [0.25, 0.3) is 0 Å². The third-order valence-corrected chi connectivity index (χ3v) is 1.87. The van der Waals surface area contributed by atoms with Gasteiger partial charge in [-0.1, -0.05) is 28.9 Å². The molecular weight excluding hydrogens is 206 g/mol. The van der Waals surface area contributed by atoms with E-state index in [-0.39, 0.29) is 12.1 Å². The van der Waals surface area contributed by atoms with Crippen molar-refractivity contribution in [1.82, 2.24) is 0 Å². The summed E-state index contributed by atoms with van der Waals surface area (Å²) in [5.74, 6) is -1.05. The zero-order chi connectivity index (χ0) is 10.6. The first kappa shape index (κ1) is 10.5. The molecule has 0 aliphatic carbocycles. The standard InChI is InChI=1S/C9H8ClNO3/c10-7-3-1-6(2-4-7)8(11-14)5-9(12)13/h1-4,14H,5H2,(H,12,13)/b11-8-. The Bertz CT molecular complexity index is 359. The lowest BCUT2D eigenvalue weighted by molar-refractivity contribution is -0.135. The van der Waals surface area contributed by atoms with E-state index in [1.54, 1.807) is 24.3 Å². The average Bonchev–Trinajstić information content (AvgIpc) is 2.15. The van der Waals surface area contributed by atoms with Crippen LogP contribution in [0.1, 0.15) is 12.0 Å². The molecule has 0 radical (unpaired) electrons. The van der Waals surface area contributed by atoms with Crippen LogP contribution in [-0.4, -0.2) is 22.0 Å². The largest absolute Gasteiger partial charge is 0.481 e. The number of halogens is 1. The van der Waals surface area contributed by atoms with E-state index in [4.69, 9.17) is 21.9 Å². The molecule has 0 atom stereocenters. The van der Waals surface area contributed by atoms with E-state index in [0.29, 0.717) is 10.6 Å². The minimum Gasteiger partial charge on any atom is -0.481 e. The highest BCUT2D eigenvalue weighted by molar-refractivity contribution is 6.30. The quantitative estimate of drug-likeness (QED) is 0.458. The van der Waals surface area contributed by atoms with E-state index in [2.05, 4.69) is 5.16 Å². The van der Waals surface area contributed by atoms with Crippen LogP contribution in [0.4, 0.5) is 0 Å². The van der Waals surface area contributed by atoms with E-state index in [9.17, 15) is 4.79 Å². The van der Waals surface area contributed by atoms with E-state index in [0.717, 1.165) is 0 Å². The zero-order valence-electron chi connectivity index (χ0n) is 7.14. The van der Waals surface area contributed by atoms with Gasteiger partial charge in [0.2, 0.25) is 0 Å². The van der Waals surface area contributed by atoms with Crippen LogP contribution in [0, 0.1) is 0 Å². The predicted molar refractivity (Wildman–Crippen MR) is 52.0 cm³/mol. The summed E-state index contributed by atoms with van der Waals surface area (Å²) < 4.78 is 0. The summed E-state index contributed by atoms with van der Waals surface area (Å²) in [6, 6.07) is 6.40. The van der Waals surface area contributed by atoms with Crippen LogP contribution in [0.2, 0.25) is 5.02 Å². The predicted octanol–water partition coefficient (Wildman–Crippen LogP) is 1.99. The number of benzene rings is 1. The van der Waals surface area contributed by atoms with Gasteiger partial charge in [-0.3, -0.25) is 4.79 Å². The average molecular weight is 214 g/mol. The number of oxime groups is 1. The summed E-state index contributed by atoms with van der Waals surface area (Å²) in [5.41, 5.74) is 0.647. The van der Waals surface area contributed by atoms with Crippen LogP contribution < -0.4 is 0 Å². The topological polar surface area (TPSA) is 69.9 Å². The maximum Gasteiger partial charge on any atom is 0.309 e. The van der Waals surface area contributed by atoms with Crippen molar-refractivity contribution in [2.45, 2.75) is 6.42 Å². The molecule has 0 aliphatic heterocycles. The van der Waals surface area contributed by atoms with Crippen molar-refractivity contribution in [3.8, 4) is 0 Å². The molecule has 0 heterocycles. The first-order valence-electron chi connectivity index (χ1n) is 3.82. The first-order chi connectivity index (χ1) is 6.63. The molecule has 0 aromatic heterocycles. The summed E-state index contributed by atoms with van der Waals surface area (Å²) in [5, 5.41) is 20.6. The second kappa shape index (κ2) is 4.62. The van der Waals surface area contributed by atoms with Crippen LogP contribution >= 0.6 is 11.6 Å². The Morgan fingerprint density at radius 1 is 1.36 bits per heavy atom. The van der Waals surface area contributed by atoms with E-state index >= 15 is 0 Å². The number of hydrogen-bond acceptors (Lipinski definition) is 3. The fourth-order valence-corrected chi connectivity index (χ4v) is 1.11. The van der Waals surface area contributed by atoms with Crippen LogP contribution in [0.15, 0.2) is 29.4 Å². The third kappa shape index (κ3) is 2.74. The molecule has 14 heavy (non-hydrogen) atoms. The summed E-state index contributed by atoms with van der Waals surface area (Å²) in [6.45, 7) is 0. The van der Waals surface area contributed by atoms with Crippen molar-refractivity contribution in [1.29, 1.82) is 0 Å². The molecule has 0 amide bonds. The Morgan fingerprint density at radius 2 is 1.93 bits per heavy atom. The maximum absolute atomic E-state index is 10.4. The number of aliphatic carboxylic acids is 1. The van der Waals surface area contributed by atoms with Gasteiger partial charge >= 0.3 is 5.97 Å². The molecule has 1 rings (SSSR count). The van der Waals surface area contributed by atoms with Crippen molar-refractivity contribution < 1.29 is 15.1 Å². The van der Waals surface area contributed by atoms with Gasteiger partial charge in [0.05, 0.1) is 12.1 Å². The molecule has 0 fully saturated rings. The second-order valence-corrected chi connectivity index (χ2v) is 3.06. The molecule has 0 spiro atoms. The second-order valence-electron chi connectivity index (χ2n) is 2.62. The van der Waals surface area contributed by atoms with E-state index in [1.807, 2.05) is 0 Å². The Hall–Kier alpha value is -1.55. The molecular formula is C9H8ClNO3. The maximum atomic E-state index is 10.4. The monoisotopic (exact) mass is 213 g/mol. The van der Waals surface area contributed by atoms with Crippen LogP contribution in [0.3, 0.4) is 0 Å². The van der Waals surface area contributed by atoms with Crippen molar-refractivity contribution in [2.75, 3.05) is 0 Å². The van der Waals surface area contributed by atoms with Crippen LogP contribution in [0.5, 0.6) is 0 Å². The molecule has 0 bridgehead atoms. The molecule has 0 aliphatic rings. The Kier molecular flexibility index (Phi) is 3.48. The van der Waals surface area contributed by atoms with Gasteiger partial charge in [-0.2, -0.15) is 0 Å². The summed E-state index contributed by atoms with van der Waals surface area (Å²) in [7, 11) is 0. The highest BCUT2D eigenvalue weighted by Crippen LogP contribution is 2.11. The van der Waals surface area contributed by atoms with Gasteiger partial charge in [-0.15, -0.1) is 0 Å². The SMILES string of the molecule is O=C(O)C/C(=N/O)c1ccc(Cl)cc1. The van der Waals surface area contributed by atoms with Gasteiger partial charge in [0.15, 0.2) is 0 Å². The number of carboxylic acids is 1. The Balaban J connectivity index is 2.91. The Labute approximate surface area is 85.4 Å². The van der Waals surface area contributed by atoms with Crippen molar-refractivity contribution in [3.05, 3.63) is 34.9 Å². The highest BCUT2D eigenvalue weighted by Gasteiger charge is 2.08. The molecule has 1 aromatic carbocycles. The fourth-order valence-electron chi connectivity index (χ4n) is 0.981. The smallest absolute Gasteiger partial charge is 0.309 e. The third-order valence-electron chi connectivity index (χ3n) is 1.62. The molecule has 0 unspecified atom stereocenters. The van der Waals surface area contributed by atoms with Crippen molar-refractivity contribution in [2.24, 2.45) is 5.16 Å². The van der Waals surface area contributed by atoms with Crippen LogP contribution in [-0.2, 0) is 4.79 Å². The minimum absolute atomic E-state index is 0.106. The van der Waals surface area contributed by atoms with Crippen molar-refractivity contribution in [3.63, 3.8) is 0 Å². The van der Waals surface area contributed by atoms with Gasteiger partial charge in [-0.25, -0.2) is 0 Å². The van der Waals surface area contributed by atoms with Crippen molar-refractivity contribution >= 4 is 23.3 Å². The number of carboxylic acid groups (broad SMARTS) is 1. The molecule has 74 valence electrons. The fraction of sp³-hybridized carbons (Fsp3) is 0.111. The summed E-state index contributed by atoms with van der Waals surface area (Å²) >= 11 is 5.65. The molecule has 4 nitrogen and oxygen atoms in total. The van der Waals surface area contributed by atoms with Gasteiger partial charge in [-0.05, 0) is 17.7 Å². The number of carbonyl (C=O) groups is 1. The minimum atomic E-state index is -1.05. The number of hydrogen-bond donors (Lipinski definition) is 2. The molecule has 2 N–H and O–H groups in total. The molecule has 0 saturated heterocycles. The summed E-state index contributed by atoms with van der Waals surface area (Å²) in [6.07, 6.45) is -0.321. The van der Waals surface area contributed by atoms with E-state index in [1.165, 1.54) is 0 Å². The molecule has 1 aromatic rings. The Morgan fingerprint density at radius 3 is 2.36 bits per heavy atom. The van der Waals surface area contributed by atoms with E-state index < -0.39 is 5.97 Å². The lowest BCUT2D eigenvalue weighted by Crippen LogP contribution is -2.08. The summed E-state index contributed by atoms with van der Waals surface area (Å²) in [4.78, 5) is 10.4. The normalized spacial score (nSPS) is 11.4. The lowest BCUT2D eigenvalue weighted by Gasteiger charge is -2.01. The van der Waals surface area contributed by atoms with Gasteiger partial charge in [0.1, 0.15) is 0 Å².